The lowest BCUT2D eigenvalue weighted by Crippen LogP contribution is -2.30. The Morgan fingerprint density at radius 3 is 2.68 bits per heavy atom. The number of esters is 1. The van der Waals surface area contributed by atoms with Crippen molar-refractivity contribution >= 4 is 28.5 Å². The third-order valence-electron chi connectivity index (χ3n) is 4.59. The molecule has 142 valence electrons. The summed E-state index contributed by atoms with van der Waals surface area (Å²) in [6.45, 7) is 5.48. The van der Waals surface area contributed by atoms with E-state index in [1.807, 2.05) is 32.0 Å². The lowest BCUT2D eigenvalue weighted by Gasteiger charge is -2.14. The molecule has 0 radical (unpaired) electrons. The van der Waals surface area contributed by atoms with Crippen molar-refractivity contribution in [3.05, 3.63) is 64.9 Å². The van der Waals surface area contributed by atoms with Crippen LogP contribution in [0.15, 0.2) is 47.1 Å². The third-order valence-corrected chi connectivity index (χ3v) is 4.59. The van der Waals surface area contributed by atoms with Crippen molar-refractivity contribution in [3.63, 3.8) is 0 Å². The van der Waals surface area contributed by atoms with Crippen LogP contribution < -0.4 is 5.32 Å². The number of benzene rings is 2. The van der Waals surface area contributed by atoms with Crippen LogP contribution in [0.4, 0.5) is 5.69 Å². The molecule has 6 nitrogen and oxygen atoms in total. The second-order valence-corrected chi connectivity index (χ2v) is 6.65. The molecule has 1 N–H and O–H groups in total. The largest absolute Gasteiger partial charge is 0.464 e. The minimum atomic E-state index is -0.999. The average Bonchev–Trinajstić information content (AvgIpc) is 3.03. The zero-order valence-corrected chi connectivity index (χ0v) is 15.9. The normalized spacial score (nSPS) is 11.6. The van der Waals surface area contributed by atoms with Crippen molar-refractivity contribution in [1.29, 1.82) is 5.26 Å². The SMILES string of the molecule is Cc1cc2occ(CC(=O)O[C@@H](C)C(=O)Nc3ccccc3C#N)c2cc1C. The number of hydrogen-bond acceptors (Lipinski definition) is 5. The van der Waals surface area contributed by atoms with Crippen LogP contribution in [0, 0.1) is 25.2 Å². The van der Waals surface area contributed by atoms with Crippen molar-refractivity contribution in [3.8, 4) is 6.07 Å². The summed E-state index contributed by atoms with van der Waals surface area (Å²) in [5.41, 5.74) is 4.36. The zero-order chi connectivity index (χ0) is 20.3. The molecular formula is C22H20N2O4. The third kappa shape index (κ3) is 4.04. The van der Waals surface area contributed by atoms with Gasteiger partial charge in [-0.3, -0.25) is 9.59 Å². The van der Waals surface area contributed by atoms with Gasteiger partial charge in [-0.1, -0.05) is 12.1 Å². The van der Waals surface area contributed by atoms with Crippen LogP contribution in [0.5, 0.6) is 0 Å². The number of aryl methyl sites for hydroxylation is 2. The van der Waals surface area contributed by atoms with E-state index in [9.17, 15) is 9.59 Å². The number of rotatable bonds is 5. The van der Waals surface area contributed by atoms with Crippen LogP contribution in [-0.4, -0.2) is 18.0 Å². The molecule has 0 bridgehead atoms. The summed E-state index contributed by atoms with van der Waals surface area (Å²) in [5, 5.41) is 12.6. The van der Waals surface area contributed by atoms with Crippen molar-refractivity contribution < 1.29 is 18.7 Å². The number of carbonyl (C=O) groups excluding carboxylic acids is 2. The molecule has 3 aromatic rings. The molecule has 1 atom stereocenters. The Kier molecular flexibility index (Phi) is 5.46. The summed E-state index contributed by atoms with van der Waals surface area (Å²) in [5.74, 6) is -1.03. The van der Waals surface area contributed by atoms with Gasteiger partial charge in [-0.15, -0.1) is 0 Å². The first-order valence-electron chi connectivity index (χ1n) is 8.86. The molecule has 1 heterocycles. The summed E-state index contributed by atoms with van der Waals surface area (Å²) >= 11 is 0. The summed E-state index contributed by atoms with van der Waals surface area (Å²) < 4.78 is 10.8. The number of nitriles is 1. The highest BCUT2D eigenvalue weighted by molar-refractivity contribution is 5.96. The minimum absolute atomic E-state index is 0.00189. The number of nitrogens with zero attached hydrogens (tertiary/aromatic N) is 1. The van der Waals surface area contributed by atoms with Gasteiger partial charge >= 0.3 is 5.97 Å². The van der Waals surface area contributed by atoms with E-state index >= 15 is 0 Å². The molecule has 0 saturated carbocycles. The first-order valence-corrected chi connectivity index (χ1v) is 8.86. The van der Waals surface area contributed by atoms with E-state index in [1.165, 1.54) is 6.92 Å². The van der Waals surface area contributed by atoms with E-state index in [0.717, 1.165) is 16.5 Å². The smallest absolute Gasteiger partial charge is 0.311 e. The first-order chi connectivity index (χ1) is 13.4. The highest BCUT2D eigenvalue weighted by Gasteiger charge is 2.20. The number of ether oxygens (including phenoxy) is 1. The molecular weight excluding hydrogens is 356 g/mol. The number of anilines is 1. The summed E-state index contributed by atoms with van der Waals surface area (Å²) in [4.78, 5) is 24.6. The van der Waals surface area contributed by atoms with Crippen LogP contribution in [0.1, 0.15) is 29.2 Å². The van der Waals surface area contributed by atoms with E-state index in [1.54, 1.807) is 30.5 Å². The fourth-order valence-electron chi connectivity index (χ4n) is 2.84. The van der Waals surface area contributed by atoms with Gasteiger partial charge in [-0.25, -0.2) is 0 Å². The van der Waals surface area contributed by atoms with Gasteiger partial charge in [0, 0.05) is 10.9 Å². The molecule has 0 unspecified atom stereocenters. The maximum atomic E-state index is 12.3. The Bertz CT molecular complexity index is 1090. The van der Waals surface area contributed by atoms with Crippen molar-refractivity contribution in [2.24, 2.45) is 0 Å². The molecule has 0 spiro atoms. The Balaban J connectivity index is 1.65. The molecule has 0 fully saturated rings. The van der Waals surface area contributed by atoms with Crippen LogP contribution in [0.2, 0.25) is 0 Å². The molecule has 2 aromatic carbocycles. The summed E-state index contributed by atoms with van der Waals surface area (Å²) in [6, 6.07) is 12.5. The lowest BCUT2D eigenvalue weighted by molar-refractivity contribution is -0.152. The Morgan fingerprint density at radius 2 is 1.93 bits per heavy atom. The maximum Gasteiger partial charge on any atom is 0.311 e. The van der Waals surface area contributed by atoms with E-state index in [0.29, 0.717) is 22.4 Å². The fraction of sp³-hybridized carbons (Fsp3) is 0.227. The molecule has 6 heteroatoms. The van der Waals surface area contributed by atoms with Crippen LogP contribution in [-0.2, 0) is 20.7 Å². The molecule has 1 amide bonds. The van der Waals surface area contributed by atoms with Gasteiger partial charge in [0.25, 0.3) is 5.91 Å². The number of carbonyl (C=O) groups is 2. The molecule has 0 aliphatic heterocycles. The molecule has 0 saturated heterocycles. The Labute approximate surface area is 162 Å². The number of nitrogens with one attached hydrogen (secondary N) is 1. The summed E-state index contributed by atoms with van der Waals surface area (Å²) in [7, 11) is 0. The van der Waals surface area contributed by atoms with E-state index in [4.69, 9.17) is 14.4 Å². The average molecular weight is 376 g/mol. The van der Waals surface area contributed by atoms with Crippen molar-refractivity contribution in [1.82, 2.24) is 0 Å². The van der Waals surface area contributed by atoms with Gasteiger partial charge in [0.2, 0.25) is 0 Å². The maximum absolute atomic E-state index is 12.3. The topological polar surface area (TPSA) is 92.3 Å². The number of fused-ring (bicyclic) bond motifs is 1. The van der Waals surface area contributed by atoms with Crippen LogP contribution in [0.3, 0.4) is 0 Å². The van der Waals surface area contributed by atoms with Gasteiger partial charge in [0.1, 0.15) is 11.7 Å². The predicted octanol–water partition coefficient (Wildman–Crippen LogP) is 4.03. The van der Waals surface area contributed by atoms with Crippen molar-refractivity contribution in [2.45, 2.75) is 33.3 Å². The minimum Gasteiger partial charge on any atom is -0.464 e. The fourth-order valence-corrected chi connectivity index (χ4v) is 2.84. The predicted molar refractivity (Wildman–Crippen MR) is 105 cm³/mol. The Hall–Kier alpha value is -3.59. The molecule has 0 aliphatic rings. The first kappa shape index (κ1) is 19.2. The van der Waals surface area contributed by atoms with Gasteiger partial charge in [0.15, 0.2) is 6.10 Å². The number of furan rings is 1. The quantitative estimate of drug-likeness (QED) is 0.679. The molecule has 0 aliphatic carbocycles. The summed E-state index contributed by atoms with van der Waals surface area (Å²) in [6.07, 6.45) is 0.544. The second kappa shape index (κ2) is 7.97. The van der Waals surface area contributed by atoms with Gasteiger partial charge in [0.05, 0.1) is 23.9 Å². The number of hydrogen-bond donors (Lipinski definition) is 1. The highest BCUT2D eigenvalue weighted by Crippen LogP contribution is 2.25. The van der Waals surface area contributed by atoms with E-state index in [2.05, 4.69) is 5.32 Å². The van der Waals surface area contributed by atoms with Gasteiger partial charge in [-0.05, 0) is 56.2 Å². The monoisotopic (exact) mass is 376 g/mol. The van der Waals surface area contributed by atoms with Crippen LogP contribution >= 0.6 is 0 Å². The van der Waals surface area contributed by atoms with Crippen LogP contribution in [0.25, 0.3) is 11.0 Å². The number of para-hydroxylation sites is 1. The van der Waals surface area contributed by atoms with E-state index < -0.39 is 18.0 Å². The van der Waals surface area contributed by atoms with E-state index in [-0.39, 0.29) is 6.42 Å². The standard InChI is InChI=1S/C22H20N2O4/c1-13-8-18-17(12-27-20(18)9-14(13)2)10-21(25)28-15(3)22(26)24-19-7-5-4-6-16(19)11-23/h4-9,12,15H,10H2,1-3H3,(H,24,26)/t15-/m0/s1. The highest BCUT2D eigenvalue weighted by atomic mass is 16.5. The molecule has 28 heavy (non-hydrogen) atoms. The Morgan fingerprint density at radius 1 is 1.21 bits per heavy atom. The van der Waals surface area contributed by atoms with Gasteiger partial charge in [-0.2, -0.15) is 5.26 Å². The number of amides is 1. The molecule has 3 rings (SSSR count). The zero-order valence-electron chi connectivity index (χ0n) is 15.9. The molecule has 1 aromatic heterocycles. The second-order valence-electron chi connectivity index (χ2n) is 6.65. The lowest BCUT2D eigenvalue weighted by atomic mass is 10.0. The van der Waals surface area contributed by atoms with Crippen molar-refractivity contribution in [2.75, 3.05) is 5.32 Å². The van der Waals surface area contributed by atoms with Gasteiger partial charge < -0.3 is 14.5 Å².